The number of rotatable bonds is 4. The predicted molar refractivity (Wildman–Crippen MR) is 99.7 cm³/mol. The molecule has 3 saturated heterocycles. The first kappa shape index (κ1) is 18.9. The van der Waals surface area contributed by atoms with Gasteiger partial charge in [0.25, 0.3) is 5.91 Å². The van der Waals surface area contributed by atoms with E-state index < -0.39 is 10.0 Å². The smallest absolute Gasteiger partial charge is 0.274 e. The normalized spacial score (nSPS) is 30.0. The number of piperidine rings is 2. The van der Waals surface area contributed by atoms with Crippen LogP contribution in [0.3, 0.4) is 0 Å². The lowest BCUT2D eigenvalue weighted by Crippen LogP contribution is -2.49. The minimum absolute atomic E-state index is 0.0199. The zero-order valence-electron chi connectivity index (χ0n) is 16.0. The molecule has 4 heterocycles. The molecule has 0 N–H and O–H groups in total. The Balaban J connectivity index is 1.29. The number of carbonyl (C=O) groups excluding carboxylic acids is 1. The quantitative estimate of drug-likeness (QED) is 0.758. The Morgan fingerprint density at radius 2 is 1.74 bits per heavy atom. The Kier molecular flexibility index (Phi) is 5.02. The van der Waals surface area contributed by atoms with Crippen LogP contribution < -0.4 is 0 Å². The Hall–Kier alpha value is -1.45. The van der Waals surface area contributed by atoms with Crippen LogP contribution >= 0.6 is 0 Å². The van der Waals surface area contributed by atoms with Crippen molar-refractivity contribution in [3.8, 4) is 0 Å². The fourth-order valence-corrected chi connectivity index (χ4v) is 6.36. The van der Waals surface area contributed by atoms with E-state index in [0.717, 1.165) is 38.5 Å². The van der Waals surface area contributed by atoms with Gasteiger partial charge in [0.1, 0.15) is 5.69 Å². The van der Waals surface area contributed by atoms with Gasteiger partial charge in [0.05, 0.1) is 24.8 Å². The number of nitrogens with zero attached hydrogens (tertiary/aromatic N) is 4. The van der Waals surface area contributed by atoms with Gasteiger partial charge in [-0.2, -0.15) is 4.31 Å². The van der Waals surface area contributed by atoms with E-state index in [0.29, 0.717) is 18.8 Å². The lowest BCUT2D eigenvalue weighted by molar-refractivity contribution is -0.0661. The first-order valence-corrected chi connectivity index (χ1v) is 11.6. The predicted octanol–water partition coefficient (Wildman–Crippen LogP) is 0.996. The molecule has 1 aromatic rings. The maximum Gasteiger partial charge on any atom is 0.274 e. The highest BCUT2D eigenvalue weighted by molar-refractivity contribution is 7.88. The number of likely N-dealkylation sites (tertiary alicyclic amines) is 1. The van der Waals surface area contributed by atoms with E-state index in [-0.39, 0.29) is 30.2 Å². The fraction of sp³-hybridized carbons (Fsp3) is 0.778. The number of hydrogen-bond acceptors (Lipinski definition) is 5. The van der Waals surface area contributed by atoms with Gasteiger partial charge in [-0.3, -0.25) is 4.79 Å². The molecule has 8 nitrogen and oxygen atoms in total. The van der Waals surface area contributed by atoms with E-state index in [1.54, 1.807) is 21.4 Å². The molecule has 3 fully saturated rings. The van der Waals surface area contributed by atoms with E-state index in [4.69, 9.17) is 4.74 Å². The average Bonchev–Trinajstić information content (AvgIpc) is 3.16. The molecule has 2 bridgehead atoms. The number of aromatic nitrogens is 2. The number of sulfonamides is 1. The third-order valence-electron chi connectivity index (χ3n) is 6.04. The van der Waals surface area contributed by atoms with Gasteiger partial charge >= 0.3 is 0 Å². The monoisotopic (exact) mass is 396 g/mol. The third kappa shape index (κ3) is 3.90. The van der Waals surface area contributed by atoms with Crippen LogP contribution in [-0.4, -0.2) is 76.7 Å². The molecule has 3 atom stereocenters. The number of amides is 1. The van der Waals surface area contributed by atoms with Crippen LogP contribution in [0.2, 0.25) is 0 Å². The van der Waals surface area contributed by atoms with Gasteiger partial charge in [-0.05, 0) is 38.5 Å². The van der Waals surface area contributed by atoms with Crippen molar-refractivity contribution in [2.75, 3.05) is 19.3 Å². The van der Waals surface area contributed by atoms with Crippen molar-refractivity contribution in [3.63, 3.8) is 0 Å². The van der Waals surface area contributed by atoms with Crippen molar-refractivity contribution >= 4 is 15.9 Å². The largest absolute Gasteiger partial charge is 0.375 e. The molecule has 0 spiro atoms. The highest BCUT2D eigenvalue weighted by Gasteiger charge is 2.46. The van der Waals surface area contributed by atoms with Gasteiger partial charge in [0.15, 0.2) is 0 Å². The zero-order valence-corrected chi connectivity index (χ0v) is 16.8. The first-order chi connectivity index (χ1) is 12.8. The topological polar surface area (TPSA) is 84.7 Å². The van der Waals surface area contributed by atoms with Crippen molar-refractivity contribution in [2.24, 2.45) is 7.05 Å². The van der Waals surface area contributed by atoms with Gasteiger partial charge in [-0.15, -0.1) is 0 Å². The van der Waals surface area contributed by atoms with Crippen molar-refractivity contribution in [3.05, 3.63) is 18.2 Å². The van der Waals surface area contributed by atoms with Crippen LogP contribution in [0.4, 0.5) is 0 Å². The summed E-state index contributed by atoms with van der Waals surface area (Å²) in [5.74, 6) is -0.0199. The molecule has 0 aromatic carbocycles. The van der Waals surface area contributed by atoms with Crippen molar-refractivity contribution in [1.82, 2.24) is 18.8 Å². The second kappa shape index (κ2) is 7.18. The van der Waals surface area contributed by atoms with Crippen molar-refractivity contribution in [1.29, 1.82) is 0 Å². The SMILES string of the molecule is Cn1cnc(C(=O)N2CCC(OC3C[C@H]4CC[C@@H](C3)N4S(C)(=O)=O)CC2)c1. The lowest BCUT2D eigenvalue weighted by atomic mass is 10.0. The number of imidazole rings is 1. The van der Waals surface area contributed by atoms with Gasteiger partial charge in [-0.1, -0.05) is 0 Å². The molecule has 0 saturated carbocycles. The van der Waals surface area contributed by atoms with Crippen LogP contribution in [0.5, 0.6) is 0 Å². The molecule has 0 aliphatic carbocycles. The van der Waals surface area contributed by atoms with Gasteiger partial charge in [-0.25, -0.2) is 13.4 Å². The highest BCUT2D eigenvalue weighted by Crippen LogP contribution is 2.39. The van der Waals surface area contributed by atoms with E-state index in [2.05, 4.69) is 4.98 Å². The molecular formula is C18H28N4O4S. The Labute approximate surface area is 160 Å². The Bertz CT molecular complexity index is 786. The molecule has 4 rings (SSSR count). The first-order valence-electron chi connectivity index (χ1n) is 9.72. The number of fused-ring (bicyclic) bond motifs is 2. The van der Waals surface area contributed by atoms with Gasteiger partial charge < -0.3 is 14.2 Å². The van der Waals surface area contributed by atoms with Crippen molar-refractivity contribution in [2.45, 2.75) is 62.8 Å². The number of carbonyl (C=O) groups is 1. The van der Waals surface area contributed by atoms with Gasteiger partial charge in [0.2, 0.25) is 10.0 Å². The standard InChI is InChI=1S/C18H28N4O4S/c1-20-11-17(19-12-20)18(23)21-7-5-15(6-8-21)26-16-9-13-3-4-14(10-16)22(13)27(2,24)25/h11-16H,3-10H2,1-2H3/t13-,14+,16?. The average molecular weight is 397 g/mol. The van der Waals surface area contributed by atoms with E-state index >= 15 is 0 Å². The van der Waals surface area contributed by atoms with Crippen LogP contribution in [-0.2, 0) is 21.8 Å². The van der Waals surface area contributed by atoms with E-state index in [1.165, 1.54) is 6.26 Å². The van der Waals surface area contributed by atoms with Crippen LogP contribution in [0, 0.1) is 0 Å². The third-order valence-corrected chi connectivity index (χ3v) is 7.41. The second-order valence-electron chi connectivity index (χ2n) is 8.12. The summed E-state index contributed by atoms with van der Waals surface area (Å²) in [5, 5.41) is 0. The summed E-state index contributed by atoms with van der Waals surface area (Å²) in [6.07, 6.45) is 10.1. The van der Waals surface area contributed by atoms with E-state index in [1.807, 2.05) is 11.9 Å². The van der Waals surface area contributed by atoms with Crippen LogP contribution in [0.15, 0.2) is 12.5 Å². The van der Waals surface area contributed by atoms with Crippen molar-refractivity contribution < 1.29 is 17.9 Å². The van der Waals surface area contributed by atoms with Crippen LogP contribution in [0.25, 0.3) is 0 Å². The second-order valence-corrected chi connectivity index (χ2v) is 10.0. The maximum absolute atomic E-state index is 12.5. The maximum atomic E-state index is 12.5. The molecular weight excluding hydrogens is 368 g/mol. The molecule has 1 unspecified atom stereocenters. The van der Waals surface area contributed by atoms with Gasteiger partial charge in [0, 0.05) is 38.4 Å². The fourth-order valence-electron chi connectivity index (χ4n) is 4.89. The number of hydrogen-bond donors (Lipinski definition) is 0. The van der Waals surface area contributed by atoms with E-state index in [9.17, 15) is 13.2 Å². The lowest BCUT2D eigenvalue weighted by Gasteiger charge is -2.40. The molecule has 3 aliphatic heterocycles. The highest BCUT2D eigenvalue weighted by atomic mass is 32.2. The minimum Gasteiger partial charge on any atom is -0.375 e. The summed E-state index contributed by atoms with van der Waals surface area (Å²) in [6, 6.07) is 0.184. The van der Waals surface area contributed by atoms with Crippen LogP contribution in [0.1, 0.15) is 49.0 Å². The molecule has 1 aromatic heterocycles. The Morgan fingerprint density at radius 3 is 2.26 bits per heavy atom. The summed E-state index contributed by atoms with van der Waals surface area (Å²) in [4.78, 5) is 18.5. The number of aryl methyl sites for hydroxylation is 1. The summed E-state index contributed by atoms with van der Waals surface area (Å²) in [5.41, 5.74) is 0.488. The molecule has 3 aliphatic rings. The summed E-state index contributed by atoms with van der Waals surface area (Å²) >= 11 is 0. The Morgan fingerprint density at radius 1 is 1.11 bits per heavy atom. The molecule has 150 valence electrons. The zero-order chi connectivity index (χ0) is 19.2. The molecule has 1 amide bonds. The summed E-state index contributed by atoms with van der Waals surface area (Å²) in [7, 11) is -1.28. The minimum atomic E-state index is -3.13. The summed E-state index contributed by atoms with van der Waals surface area (Å²) < 4.78 is 33.8. The molecule has 0 radical (unpaired) electrons. The summed E-state index contributed by atoms with van der Waals surface area (Å²) in [6.45, 7) is 1.35. The molecule has 27 heavy (non-hydrogen) atoms. The number of ether oxygens (including phenoxy) is 1. The molecule has 9 heteroatoms.